The van der Waals surface area contributed by atoms with Crippen LogP contribution in [0.25, 0.3) is 0 Å². The standard InChI is InChI=1S/C14H20F3NO/c1-2-19-12-8-5-7-11(10-12)6-3-4-9-13(18)14(15,16)17/h5,7-8,10,13H,2-4,6,9,18H2,1H3/t13-/m0/s1. The topological polar surface area (TPSA) is 35.2 Å². The first kappa shape index (κ1) is 15.8. The predicted octanol–water partition coefficient (Wildman–Crippen LogP) is 3.69. The SMILES string of the molecule is CCOc1cccc(CCCC[C@H](N)C(F)(F)F)c1. The van der Waals surface area contributed by atoms with Gasteiger partial charge in [-0.25, -0.2) is 0 Å². The van der Waals surface area contributed by atoms with E-state index in [1.165, 1.54) is 0 Å². The van der Waals surface area contributed by atoms with Crippen molar-refractivity contribution in [3.8, 4) is 5.75 Å². The molecule has 19 heavy (non-hydrogen) atoms. The van der Waals surface area contributed by atoms with Crippen LogP contribution in [0, 0.1) is 0 Å². The lowest BCUT2D eigenvalue weighted by molar-refractivity contribution is -0.149. The van der Waals surface area contributed by atoms with Gasteiger partial charge in [0.1, 0.15) is 11.8 Å². The van der Waals surface area contributed by atoms with Gasteiger partial charge in [-0.2, -0.15) is 13.2 Å². The second-order valence-electron chi connectivity index (χ2n) is 4.47. The molecule has 0 aromatic heterocycles. The van der Waals surface area contributed by atoms with Crippen LogP contribution in [-0.4, -0.2) is 18.8 Å². The Morgan fingerprint density at radius 3 is 2.63 bits per heavy atom. The summed E-state index contributed by atoms with van der Waals surface area (Å²) in [5, 5.41) is 0. The molecular formula is C14H20F3NO. The van der Waals surface area contributed by atoms with Crippen LogP contribution in [0.15, 0.2) is 24.3 Å². The number of alkyl halides is 3. The first-order valence-electron chi connectivity index (χ1n) is 6.47. The Hall–Kier alpha value is -1.23. The molecule has 0 heterocycles. The molecule has 0 unspecified atom stereocenters. The maximum atomic E-state index is 12.2. The number of unbranched alkanes of at least 4 members (excludes halogenated alkanes) is 1. The van der Waals surface area contributed by atoms with E-state index in [1.54, 1.807) is 0 Å². The molecule has 1 atom stereocenters. The molecule has 1 aromatic rings. The minimum absolute atomic E-state index is 0.0192. The molecule has 5 heteroatoms. The highest BCUT2D eigenvalue weighted by Crippen LogP contribution is 2.22. The molecule has 0 bridgehead atoms. The van der Waals surface area contributed by atoms with Crippen LogP contribution in [0.5, 0.6) is 5.75 Å². The summed E-state index contributed by atoms with van der Waals surface area (Å²) < 4.78 is 42.0. The summed E-state index contributed by atoms with van der Waals surface area (Å²) >= 11 is 0. The quantitative estimate of drug-likeness (QED) is 0.770. The van der Waals surface area contributed by atoms with Crippen LogP contribution in [-0.2, 0) is 6.42 Å². The Kier molecular flexibility index (Phi) is 6.15. The fraction of sp³-hybridized carbons (Fsp3) is 0.571. The molecule has 0 spiro atoms. The molecule has 0 radical (unpaired) electrons. The molecule has 0 fully saturated rings. The zero-order chi connectivity index (χ0) is 14.3. The van der Waals surface area contributed by atoms with E-state index in [4.69, 9.17) is 10.5 Å². The lowest BCUT2D eigenvalue weighted by atomic mass is 10.0. The molecule has 0 aliphatic carbocycles. The molecule has 0 amide bonds. The van der Waals surface area contributed by atoms with E-state index in [0.29, 0.717) is 19.4 Å². The third-order valence-electron chi connectivity index (χ3n) is 2.86. The van der Waals surface area contributed by atoms with E-state index in [1.807, 2.05) is 31.2 Å². The van der Waals surface area contributed by atoms with Crippen molar-refractivity contribution in [2.24, 2.45) is 5.73 Å². The highest BCUT2D eigenvalue weighted by atomic mass is 19.4. The number of nitrogens with two attached hydrogens (primary N) is 1. The first-order valence-corrected chi connectivity index (χ1v) is 6.47. The summed E-state index contributed by atoms with van der Waals surface area (Å²) in [6, 6.07) is 5.93. The lowest BCUT2D eigenvalue weighted by Crippen LogP contribution is -2.37. The van der Waals surface area contributed by atoms with Crippen molar-refractivity contribution in [2.45, 2.75) is 44.8 Å². The highest BCUT2D eigenvalue weighted by Gasteiger charge is 2.35. The van der Waals surface area contributed by atoms with Crippen LogP contribution < -0.4 is 10.5 Å². The minimum atomic E-state index is -4.28. The van der Waals surface area contributed by atoms with Gasteiger partial charge in [0, 0.05) is 0 Å². The van der Waals surface area contributed by atoms with Crippen LogP contribution in [0.1, 0.15) is 31.7 Å². The zero-order valence-corrected chi connectivity index (χ0v) is 11.0. The second kappa shape index (κ2) is 7.38. The molecule has 1 aromatic carbocycles. The molecule has 0 saturated carbocycles. The first-order chi connectivity index (χ1) is 8.93. The van der Waals surface area contributed by atoms with Gasteiger partial charge >= 0.3 is 6.18 Å². The summed E-state index contributed by atoms with van der Waals surface area (Å²) in [4.78, 5) is 0. The van der Waals surface area contributed by atoms with Crippen molar-refractivity contribution < 1.29 is 17.9 Å². The molecule has 2 nitrogen and oxygen atoms in total. The summed E-state index contributed by atoms with van der Waals surface area (Å²) in [6.45, 7) is 2.51. The number of halogens is 3. The van der Waals surface area contributed by atoms with Gasteiger partial charge in [-0.15, -0.1) is 0 Å². The molecule has 0 aliphatic heterocycles. The van der Waals surface area contributed by atoms with E-state index >= 15 is 0 Å². The smallest absolute Gasteiger partial charge is 0.403 e. The summed E-state index contributed by atoms with van der Waals surface area (Å²) in [6.07, 6.45) is -2.39. The van der Waals surface area contributed by atoms with E-state index in [-0.39, 0.29) is 6.42 Å². The zero-order valence-electron chi connectivity index (χ0n) is 11.0. The fourth-order valence-corrected chi connectivity index (χ4v) is 1.81. The normalized spacial score (nSPS) is 13.3. The number of rotatable bonds is 7. The maximum absolute atomic E-state index is 12.2. The molecule has 108 valence electrons. The van der Waals surface area contributed by atoms with Gasteiger partial charge in [0.25, 0.3) is 0 Å². The molecule has 2 N–H and O–H groups in total. The van der Waals surface area contributed by atoms with Crippen LogP contribution in [0.4, 0.5) is 13.2 Å². The van der Waals surface area contributed by atoms with Crippen molar-refractivity contribution >= 4 is 0 Å². The second-order valence-corrected chi connectivity index (χ2v) is 4.47. The number of hydrogen-bond donors (Lipinski definition) is 1. The highest BCUT2D eigenvalue weighted by molar-refractivity contribution is 5.28. The van der Waals surface area contributed by atoms with Crippen LogP contribution >= 0.6 is 0 Å². The monoisotopic (exact) mass is 275 g/mol. The third-order valence-corrected chi connectivity index (χ3v) is 2.86. The van der Waals surface area contributed by atoms with Gasteiger partial charge in [-0.3, -0.25) is 0 Å². The molecule has 1 rings (SSSR count). The summed E-state index contributed by atoms with van der Waals surface area (Å²) in [5.74, 6) is 0.798. The molecule has 0 aliphatic rings. The number of ether oxygens (including phenoxy) is 1. The number of aryl methyl sites for hydroxylation is 1. The Labute approximate surface area is 111 Å². The third kappa shape index (κ3) is 5.96. The largest absolute Gasteiger partial charge is 0.494 e. The summed E-state index contributed by atoms with van der Waals surface area (Å²) in [7, 11) is 0. The van der Waals surface area contributed by atoms with Crippen molar-refractivity contribution in [1.82, 2.24) is 0 Å². The summed E-state index contributed by atoms with van der Waals surface area (Å²) in [5.41, 5.74) is 6.12. The van der Waals surface area contributed by atoms with Crippen LogP contribution in [0.2, 0.25) is 0 Å². The van der Waals surface area contributed by atoms with Crippen molar-refractivity contribution in [1.29, 1.82) is 0 Å². The number of benzene rings is 1. The van der Waals surface area contributed by atoms with E-state index in [9.17, 15) is 13.2 Å². The molecular weight excluding hydrogens is 255 g/mol. The van der Waals surface area contributed by atoms with Gasteiger partial charge < -0.3 is 10.5 Å². The Morgan fingerprint density at radius 2 is 2.00 bits per heavy atom. The van der Waals surface area contributed by atoms with E-state index in [2.05, 4.69) is 0 Å². The average molecular weight is 275 g/mol. The predicted molar refractivity (Wildman–Crippen MR) is 69.2 cm³/mol. The van der Waals surface area contributed by atoms with Crippen molar-refractivity contribution in [3.63, 3.8) is 0 Å². The van der Waals surface area contributed by atoms with E-state index in [0.717, 1.165) is 17.7 Å². The van der Waals surface area contributed by atoms with Crippen molar-refractivity contribution in [3.05, 3.63) is 29.8 Å². The Morgan fingerprint density at radius 1 is 1.26 bits per heavy atom. The van der Waals surface area contributed by atoms with Gasteiger partial charge in [0.05, 0.1) is 6.61 Å². The number of hydrogen-bond acceptors (Lipinski definition) is 2. The Balaban J connectivity index is 2.31. The Bertz CT molecular complexity index is 379. The maximum Gasteiger partial charge on any atom is 0.403 e. The van der Waals surface area contributed by atoms with Gasteiger partial charge in [-0.1, -0.05) is 18.6 Å². The van der Waals surface area contributed by atoms with E-state index < -0.39 is 12.2 Å². The molecule has 0 saturated heterocycles. The van der Waals surface area contributed by atoms with Crippen LogP contribution in [0.3, 0.4) is 0 Å². The van der Waals surface area contributed by atoms with Gasteiger partial charge in [0.15, 0.2) is 0 Å². The average Bonchev–Trinajstić information content (AvgIpc) is 2.34. The fourth-order valence-electron chi connectivity index (χ4n) is 1.81. The van der Waals surface area contributed by atoms with Crippen molar-refractivity contribution in [2.75, 3.05) is 6.61 Å². The lowest BCUT2D eigenvalue weighted by Gasteiger charge is -2.15. The van der Waals surface area contributed by atoms with Gasteiger partial charge in [0.2, 0.25) is 0 Å². The van der Waals surface area contributed by atoms with Gasteiger partial charge in [-0.05, 0) is 43.9 Å². The minimum Gasteiger partial charge on any atom is -0.494 e.